The van der Waals surface area contributed by atoms with Crippen LogP contribution in [0.1, 0.15) is 5.56 Å². The number of rotatable bonds is 1. The van der Waals surface area contributed by atoms with E-state index in [0.717, 1.165) is 6.07 Å². The third-order valence-electron chi connectivity index (χ3n) is 3.05. The maximum atomic E-state index is 13.0. The molecule has 0 aliphatic carbocycles. The van der Waals surface area contributed by atoms with Gasteiger partial charge >= 0.3 is 11.9 Å². The fourth-order valence-electron chi connectivity index (χ4n) is 2.18. The van der Waals surface area contributed by atoms with Gasteiger partial charge in [-0.1, -0.05) is 12.1 Å². The molecule has 1 aromatic carbocycles. The fourth-order valence-corrected chi connectivity index (χ4v) is 2.18. The van der Waals surface area contributed by atoms with Crippen LogP contribution in [-0.4, -0.2) is 19.7 Å². The van der Waals surface area contributed by atoms with E-state index in [9.17, 15) is 18.0 Å². The first-order chi connectivity index (χ1) is 9.86. The van der Waals surface area contributed by atoms with Crippen LogP contribution in [0.15, 0.2) is 35.4 Å². The minimum Gasteiger partial charge on any atom is -0.305 e. The van der Waals surface area contributed by atoms with Crippen LogP contribution in [0.5, 0.6) is 0 Å². The number of fused-ring (bicyclic) bond motifs is 1. The zero-order chi connectivity index (χ0) is 15.2. The molecular weight excluding hydrogens is 285 g/mol. The van der Waals surface area contributed by atoms with Crippen LogP contribution in [0.4, 0.5) is 13.2 Å². The molecule has 5 nitrogen and oxygen atoms in total. The molecule has 2 aromatic heterocycles. The number of hydrogen-bond acceptors (Lipinski definition) is 3. The Morgan fingerprint density at radius 3 is 2.67 bits per heavy atom. The molecule has 8 heteroatoms. The molecule has 0 atom stereocenters. The van der Waals surface area contributed by atoms with Crippen molar-refractivity contribution in [2.45, 2.75) is 6.18 Å². The van der Waals surface area contributed by atoms with Crippen LogP contribution >= 0.6 is 0 Å². The zero-order valence-electron chi connectivity index (χ0n) is 10.8. The van der Waals surface area contributed by atoms with E-state index < -0.39 is 17.4 Å². The largest absolute Gasteiger partial charge is 0.418 e. The summed E-state index contributed by atoms with van der Waals surface area (Å²) in [7, 11) is 1.67. The van der Waals surface area contributed by atoms with Gasteiger partial charge < -0.3 is 4.98 Å². The van der Waals surface area contributed by atoms with Crippen molar-refractivity contribution in [3.63, 3.8) is 0 Å². The number of H-pyrrole nitrogens is 1. The van der Waals surface area contributed by atoms with Gasteiger partial charge in [-0.3, -0.25) is 4.68 Å². The van der Waals surface area contributed by atoms with Gasteiger partial charge in [0.25, 0.3) is 0 Å². The van der Waals surface area contributed by atoms with E-state index in [1.54, 1.807) is 13.2 Å². The van der Waals surface area contributed by atoms with Gasteiger partial charge in [0.2, 0.25) is 0 Å². The van der Waals surface area contributed by atoms with Crippen molar-refractivity contribution in [1.82, 2.24) is 19.7 Å². The Hall–Kier alpha value is -2.64. The molecule has 0 saturated carbocycles. The minimum absolute atomic E-state index is 0.174. The van der Waals surface area contributed by atoms with Crippen molar-refractivity contribution in [3.8, 4) is 11.3 Å². The molecule has 1 N–H and O–H groups in total. The van der Waals surface area contributed by atoms with Crippen molar-refractivity contribution in [1.29, 1.82) is 0 Å². The number of halogens is 3. The molecule has 0 spiro atoms. The maximum Gasteiger partial charge on any atom is 0.418 e. The number of aromatic amines is 1. The van der Waals surface area contributed by atoms with Crippen LogP contribution in [0, 0.1) is 0 Å². The van der Waals surface area contributed by atoms with Crippen LogP contribution in [-0.2, 0) is 13.2 Å². The highest BCUT2D eigenvalue weighted by atomic mass is 19.4. The number of para-hydroxylation sites is 1. The van der Waals surface area contributed by atoms with Gasteiger partial charge in [-0.15, -0.1) is 0 Å². The summed E-state index contributed by atoms with van der Waals surface area (Å²) in [6.07, 6.45) is -1.53. The summed E-state index contributed by atoms with van der Waals surface area (Å²) in [5.74, 6) is 0. The van der Waals surface area contributed by atoms with E-state index in [1.807, 2.05) is 0 Å². The molecular formula is C13H9F3N4O. The first kappa shape index (κ1) is 13.3. The highest BCUT2D eigenvalue weighted by Gasteiger charge is 2.33. The molecule has 3 rings (SSSR count). The highest BCUT2D eigenvalue weighted by Crippen LogP contribution is 2.35. The molecule has 0 aliphatic rings. The van der Waals surface area contributed by atoms with Gasteiger partial charge in [0.1, 0.15) is 0 Å². The average molecular weight is 294 g/mol. The molecule has 0 unspecified atom stereocenters. The standard InChI is InChI=1S/C13H9F3N4O/c1-20-6-7(5-17-20)10-8-3-2-4-9(13(14,15)16)11(8)19-12(21)18-10/h2-6H,1H3,(H,18,19,21). The molecule has 0 amide bonds. The number of hydrogen-bond donors (Lipinski definition) is 1. The van der Waals surface area contributed by atoms with Crippen molar-refractivity contribution in [2.75, 3.05) is 0 Å². The zero-order valence-corrected chi connectivity index (χ0v) is 10.8. The molecule has 0 bridgehead atoms. The van der Waals surface area contributed by atoms with Crippen molar-refractivity contribution in [3.05, 3.63) is 46.6 Å². The Bertz CT molecular complexity index is 879. The van der Waals surface area contributed by atoms with Gasteiger partial charge in [0, 0.05) is 24.2 Å². The molecule has 3 aromatic rings. The summed E-state index contributed by atoms with van der Waals surface area (Å²) in [6.45, 7) is 0. The Labute approximate surface area is 116 Å². The lowest BCUT2D eigenvalue weighted by Crippen LogP contribution is -2.15. The Morgan fingerprint density at radius 1 is 1.29 bits per heavy atom. The molecule has 21 heavy (non-hydrogen) atoms. The fraction of sp³-hybridized carbons (Fsp3) is 0.154. The number of aryl methyl sites for hydroxylation is 1. The van der Waals surface area contributed by atoms with Crippen LogP contribution in [0.3, 0.4) is 0 Å². The Kier molecular flexibility index (Phi) is 2.82. The summed E-state index contributed by atoms with van der Waals surface area (Å²) >= 11 is 0. The minimum atomic E-state index is -4.56. The van der Waals surface area contributed by atoms with Crippen LogP contribution < -0.4 is 5.69 Å². The number of nitrogens with zero attached hydrogens (tertiary/aromatic N) is 3. The van der Waals surface area contributed by atoms with E-state index >= 15 is 0 Å². The second-order valence-electron chi connectivity index (χ2n) is 4.52. The van der Waals surface area contributed by atoms with Gasteiger partial charge in [0.05, 0.1) is 23.0 Å². The van der Waals surface area contributed by atoms with Gasteiger partial charge in [-0.25, -0.2) is 4.79 Å². The summed E-state index contributed by atoms with van der Waals surface area (Å²) in [5, 5.41) is 4.16. The smallest absolute Gasteiger partial charge is 0.305 e. The number of alkyl halides is 3. The molecule has 0 fully saturated rings. The third-order valence-corrected chi connectivity index (χ3v) is 3.05. The maximum absolute atomic E-state index is 13.0. The summed E-state index contributed by atoms with van der Waals surface area (Å²) in [6, 6.07) is 3.69. The molecule has 2 heterocycles. The lowest BCUT2D eigenvalue weighted by molar-refractivity contribution is -0.136. The SMILES string of the molecule is Cn1cc(-c2nc(=O)[nH]c3c(C(F)(F)F)cccc23)cn1. The molecule has 0 aliphatic heterocycles. The molecule has 108 valence electrons. The van der Waals surface area contributed by atoms with Crippen LogP contribution in [0.2, 0.25) is 0 Å². The third kappa shape index (κ3) is 2.28. The lowest BCUT2D eigenvalue weighted by atomic mass is 10.1. The van der Waals surface area contributed by atoms with E-state index in [4.69, 9.17) is 0 Å². The number of aromatic nitrogens is 4. The first-order valence-electron chi connectivity index (χ1n) is 5.95. The van der Waals surface area contributed by atoms with Crippen molar-refractivity contribution >= 4 is 10.9 Å². The normalized spacial score (nSPS) is 12.0. The second kappa shape index (κ2) is 4.44. The quantitative estimate of drug-likeness (QED) is 0.749. The van der Waals surface area contributed by atoms with Gasteiger partial charge in [-0.05, 0) is 6.07 Å². The molecule has 0 radical (unpaired) electrons. The highest BCUT2D eigenvalue weighted by molar-refractivity contribution is 5.93. The first-order valence-corrected chi connectivity index (χ1v) is 5.95. The Morgan fingerprint density at radius 2 is 2.05 bits per heavy atom. The lowest BCUT2D eigenvalue weighted by Gasteiger charge is -2.11. The predicted octanol–water partition coefficient (Wildman–Crippen LogP) is 2.34. The summed E-state index contributed by atoms with van der Waals surface area (Å²) in [4.78, 5) is 17.5. The van der Waals surface area contributed by atoms with Gasteiger partial charge in [-0.2, -0.15) is 23.3 Å². The van der Waals surface area contributed by atoms with E-state index in [2.05, 4.69) is 15.1 Å². The summed E-state index contributed by atoms with van der Waals surface area (Å²) in [5.41, 5.74) is -1.35. The number of benzene rings is 1. The van der Waals surface area contributed by atoms with Crippen LogP contribution in [0.25, 0.3) is 22.2 Å². The topological polar surface area (TPSA) is 63.6 Å². The molecule has 0 saturated heterocycles. The van der Waals surface area contributed by atoms with Crippen molar-refractivity contribution < 1.29 is 13.2 Å². The average Bonchev–Trinajstić information content (AvgIpc) is 2.82. The van der Waals surface area contributed by atoms with E-state index in [0.29, 0.717) is 5.56 Å². The van der Waals surface area contributed by atoms with E-state index in [1.165, 1.54) is 23.0 Å². The Balaban J connectivity index is 2.40. The predicted molar refractivity (Wildman–Crippen MR) is 69.6 cm³/mol. The van der Waals surface area contributed by atoms with Gasteiger partial charge in [0.15, 0.2) is 0 Å². The van der Waals surface area contributed by atoms with E-state index in [-0.39, 0.29) is 16.6 Å². The van der Waals surface area contributed by atoms with Crippen molar-refractivity contribution in [2.24, 2.45) is 7.05 Å². The number of nitrogens with one attached hydrogen (secondary N) is 1. The monoisotopic (exact) mass is 294 g/mol. The summed E-state index contributed by atoms with van der Waals surface area (Å²) < 4.78 is 40.6. The second-order valence-corrected chi connectivity index (χ2v) is 4.52.